The number of methoxy groups -OCH3 is 1. The van der Waals surface area contributed by atoms with E-state index in [-0.39, 0.29) is 30.1 Å². The highest BCUT2D eigenvalue weighted by Gasteiger charge is 2.22. The van der Waals surface area contributed by atoms with Crippen LogP contribution in [-0.4, -0.2) is 53.6 Å². The number of nitro groups is 1. The molecule has 0 aliphatic heterocycles. The Morgan fingerprint density at radius 1 is 1.21 bits per heavy atom. The van der Waals surface area contributed by atoms with Gasteiger partial charge < -0.3 is 20.1 Å². The number of carboxylic acid groups (broad SMARTS) is 1. The molecule has 0 saturated heterocycles. The molecule has 0 aliphatic carbocycles. The van der Waals surface area contributed by atoms with E-state index in [0.717, 1.165) is 16.5 Å². The summed E-state index contributed by atoms with van der Waals surface area (Å²) < 4.78 is 4.89. The van der Waals surface area contributed by atoms with Gasteiger partial charge in [0.05, 0.1) is 11.5 Å². The molecule has 0 spiro atoms. The summed E-state index contributed by atoms with van der Waals surface area (Å²) in [6.07, 6.45) is 0. The number of hydrogen-bond donors (Lipinski definition) is 2. The number of carboxylic acids is 1. The van der Waals surface area contributed by atoms with Crippen LogP contribution in [0.15, 0.2) is 48.5 Å². The SMILES string of the molecule is COCCN(CC(=O)O)C(=O)c1ccc(NCc2ccccc2)c([N+](=O)[O-])c1. The molecule has 0 bridgehead atoms. The Labute approximate surface area is 161 Å². The molecule has 148 valence electrons. The van der Waals surface area contributed by atoms with Gasteiger partial charge in [-0.1, -0.05) is 30.3 Å². The summed E-state index contributed by atoms with van der Waals surface area (Å²) in [6, 6.07) is 13.4. The molecule has 2 N–H and O–H groups in total. The van der Waals surface area contributed by atoms with Gasteiger partial charge in [0.25, 0.3) is 11.6 Å². The van der Waals surface area contributed by atoms with Crippen molar-refractivity contribution in [3.63, 3.8) is 0 Å². The number of nitro benzene ring substituents is 1. The van der Waals surface area contributed by atoms with E-state index >= 15 is 0 Å². The van der Waals surface area contributed by atoms with Crippen molar-refractivity contribution in [2.75, 3.05) is 32.1 Å². The summed E-state index contributed by atoms with van der Waals surface area (Å²) in [5.74, 6) is -1.79. The Hall–Kier alpha value is -3.46. The van der Waals surface area contributed by atoms with E-state index in [4.69, 9.17) is 9.84 Å². The van der Waals surface area contributed by atoms with Crippen molar-refractivity contribution in [2.45, 2.75) is 6.54 Å². The molecule has 0 fully saturated rings. The third kappa shape index (κ3) is 5.78. The lowest BCUT2D eigenvalue weighted by atomic mass is 10.1. The fraction of sp³-hybridized carbons (Fsp3) is 0.263. The number of nitrogens with zero attached hydrogens (tertiary/aromatic N) is 2. The monoisotopic (exact) mass is 387 g/mol. The zero-order valence-corrected chi connectivity index (χ0v) is 15.3. The van der Waals surface area contributed by atoms with Crippen molar-refractivity contribution < 1.29 is 24.4 Å². The minimum absolute atomic E-state index is 0.0364. The Bertz CT molecular complexity index is 841. The van der Waals surface area contributed by atoms with E-state index in [2.05, 4.69) is 5.32 Å². The molecule has 0 saturated carbocycles. The summed E-state index contributed by atoms with van der Waals surface area (Å²) in [5.41, 5.74) is 0.995. The molecule has 0 aromatic heterocycles. The van der Waals surface area contributed by atoms with Crippen LogP contribution in [-0.2, 0) is 16.1 Å². The second-order valence-corrected chi connectivity index (χ2v) is 5.94. The van der Waals surface area contributed by atoms with Crippen molar-refractivity contribution in [3.8, 4) is 0 Å². The number of carbonyl (C=O) groups excluding carboxylic acids is 1. The van der Waals surface area contributed by atoms with Gasteiger partial charge >= 0.3 is 5.97 Å². The number of nitrogens with one attached hydrogen (secondary N) is 1. The fourth-order valence-corrected chi connectivity index (χ4v) is 2.56. The van der Waals surface area contributed by atoms with Gasteiger partial charge in [-0.2, -0.15) is 0 Å². The first-order valence-electron chi connectivity index (χ1n) is 8.48. The quantitative estimate of drug-likeness (QED) is 0.474. The fourth-order valence-electron chi connectivity index (χ4n) is 2.56. The molecule has 9 nitrogen and oxygen atoms in total. The maximum atomic E-state index is 12.6. The number of rotatable bonds is 10. The van der Waals surface area contributed by atoms with E-state index in [1.54, 1.807) is 0 Å². The lowest BCUT2D eigenvalue weighted by Gasteiger charge is -2.20. The molecule has 0 unspecified atom stereocenters. The zero-order valence-electron chi connectivity index (χ0n) is 15.3. The minimum Gasteiger partial charge on any atom is -0.480 e. The molecule has 0 radical (unpaired) electrons. The minimum atomic E-state index is -1.18. The Balaban J connectivity index is 2.23. The Kier molecular flexibility index (Phi) is 7.46. The predicted octanol–water partition coefficient (Wildman–Crippen LogP) is 2.38. The maximum absolute atomic E-state index is 12.6. The van der Waals surface area contributed by atoms with Crippen molar-refractivity contribution in [1.29, 1.82) is 0 Å². The van der Waals surface area contributed by atoms with E-state index < -0.39 is 23.3 Å². The standard InChI is InChI=1S/C19H21N3O6/c1-28-10-9-21(13-18(23)24)19(25)15-7-8-16(17(11-15)22(26)27)20-12-14-5-3-2-4-6-14/h2-8,11,20H,9-10,12-13H2,1H3,(H,23,24). The molecule has 28 heavy (non-hydrogen) atoms. The van der Waals surface area contributed by atoms with Crippen LogP contribution in [0, 0.1) is 10.1 Å². The highest BCUT2D eigenvalue weighted by molar-refractivity contribution is 5.97. The molecule has 0 atom stereocenters. The van der Waals surface area contributed by atoms with Crippen LogP contribution in [0.2, 0.25) is 0 Å². The second kappa shape index (κ2) is 10.0. The predicted molar refractivity (Wildman–Crippen MR) is 102 cm³/mol. The summed E-state index contributed by atoms with van der Waals surface area (Å²) in [7, 11) is 1.43. The maximum Gasteiger partial charge on any atom is 0.323 e. The number of hydrogen-bond acceptors (Lipinski definition) is 6. The molecule has 0 aliphatic rings. The number of aliphatic carboxylic acids is 1. The van der Waals surface area contributed by atoms with Crippen LogP contribution >= 0.6 is 0 Å². The molecule has 2 rings (SSSR count). The van der Waals surface area contributed by atoms with Crippen molar-refractivity contribution in [3.05, 3.63) is 69.8 Å². The van der Waals surface area contributed by atoms with E-state index in [0.29, 0.717) is 6.54 Å². The van der Waals surface area contributed by atoms with Crippen LogP contribution in [0.1, 0.15) is 15.9 Å². The Morgan fingerprint density at radius 3 is 2.54 bits per heavy atom. The van der Waals surface area contributed by atoms with Crippen molar-refractivity contribution in [1.82, 2.24) is 4.90 Å². The summed E-state index contributed by atoms with van der Waals surface area (Å²) in [6.45, 7) is 0.0687. The highest BCUT2D eigenvalue weighted by atomic mass is 16.6. The average Bonchev–Trinajstić information content (AvgIpc) is 2.69. The average molecular weight is 387 g/mol. The van der Waals surface area contributed by atoms with Crippen molar-refractivity contribution >= 4 is 23.3 Å². The molecule has 2 aromatic carbocycles. The first kappa shape index (κ1) is 20.8. The van der Waals surface area contributed by atoms with Crippen LogP contribution in [0.3, 0.4) is 0 Å². The lowest BCUT2D eigenvalue weighted by Crippen LogP contribution is -2.38. The van der Waals surface area contributed by atoms with Gasteiger partial charge in [0, 0.05) is 31.8 Å². The number of ether oxygens (including phenoxy) is 1. The molecular weight excluding hydrogens is 366 g/mol. The molecular formula is C19H21N3O6. The normalized spacial score (nSPS) is 10.3. The largest absolute Gasteiger partial charge is 0.480 e. The van der Waals surface area contributed by atoms with Crippen molar-refractivity contribution in [2.24, 2.45) is 0 Å². The van der Waals surface area contributed by atoms with Gasteiger partial charge in [0.15, 0.2) is 0 Å². The third-order valence-electron chi connectivity index (χ3n) is 3.95. The third-order valence-corrected chi connectivity index (χ3v) is 3.95. The van der Waals surface area contributed by atoms with Gasteiger partial charge in [-0.15, -0.1) is 0 Å². The highest BCUT2D eigenvalue weighted by Crippen LogP contribution is 2.26. The molecule has 9 heteroatoms. The van der Waals surface area contributed by atoms with Crippen LogP contribution < -0.4 is 5.32 Å². The lowest BCUT2D eigenvalue weighted by molar-refractivity contribution is -0.384. The van der Waals surface area contributed by atoms with E-state index in [9.17, 15) is 19.7 Å². The topological polar surface area (TPSA) is 122 Å². The van der Waals surface area contributed by atoms with Crippen LogP contribution in [0.5, 0.6) is 0 Å². The first-order valence-corrected chi connectivity index (χ1v) is 8.48. The van der Waals surface area contributed by atoms with Gasteiger partial charge in [-0.05, 0) is 17.7 Å². The number of carbonyl (C=O) groups is 2. The van der Waals surface area contributed by atoms with E-state index in [1.165, 1.54) is 19.2 Å². The summed E-state index contributed by atoms with van der Waals surface area (Å²) >= 11 is 0. The summed E-state index contributed by atoms with van der Waals surface area (Å²) in [5, 5.41) is 23.4. The first-order chi connectivity index (χ1) is 13.4. The van der Waals surface area contributed by atoms with Gasteiger partial charge in [0.1, 0.15) is 12.2 Å². The number of amides is 1. The van der Waals surface area contributed by atoms with E-state index in [1.807, 2.05) is 30.3 Å². The van der Waals surface area contributed by atoms with Gasteiger partial charge in [-0.3, -0.25) is 19.7 Å². The molecule has 0 heterocycles. The number of anilines is 1. The van der Waals surface area contributed by atoms with Gasteiger partial charge in [0.2, 0.25) is 0 Å². The number of benzene rings is 2. The summed E-state index contributed by atoms with van der Waals surface area (Å²) in [4.78, 5) is 35.6. The Morgan fingerprint density at radius 2 is 1.93 bits per heavy atom. The van der Waals surface area contributed by atoms with Crippen LogP contribution in [0.4, 0.5) is 11.4 Å². The zero-order chi connectivity index (χ0) is 20.5. The van der Waals surface area contributed by atoms with Crippen LogP contribution in [0.25, 0.3) is 0 Å². The molecule has 2 aromatic rings. The smallest absolute Gasteiger partial charge is 0.323 e. The van der Waals surface area contributed by atoms with Gasteiger partial charge in [-0.25, -0.2) is 0 Å². The molecule has 1 amide bonds. The second-order valence-electron chi connectivity index (χ2n) is 5.94.